The molecule has 2 aromatic rings. The van der Waals surface area contributed by atoms with Gasteiger partial charge >= 0.3 is 6.18 Å². The van der Waals surface area contributed by atoms with Crippen LogP contribution in [0.25, 0.3) is 0 Å². The minimum Gasteiger partial charge on any atom is -0.468 e. The summed E-state index contributed by atoms with van der Waals surface area (Å²) < 4.78 is 54.0. The number of nitrogens with zero attached hydrogens (tertiary/aromatic N) is 1. The van der Waals surface area contributed by atoms with Gasteiger partial charge in [-0.05, 0) is 37.1 Å². The highest BCUT2D eigenvalue weighted by atomic mass is 19.4. The maximum Gasteiger partial charge on any atom is 0.422 e. The molecule has 0 aliphatic rings. The summed E-state index contributed by atoms with van der Waals surface area (Å²) in [4.78, 5) is 15.9. The molecule has 146 valence electrons. The Labute approximate surface area is 153 Å². The number of aliphatic hydroxyl groups is 1. The summed E-state index contributed by atoms with van der Waals surface area (Å²) in [6.07, 6.45) is -5.28. The third kappa shape index (κ3) is 6.86. The van der Waals surface area contributed by atoms with Crippen LogP contribution in [0.5, 0.6) is 5.88 Å². The number of hydrogen-bond acceptors (Lipinski definition) is 4. The van der Waals surface area contributed by atoms with E-state index in [2.05, 4.69) is 15.0 Å². The van der Waals surface area contributed by atoms with E-state index >= 15 is 0 Å². The monoisotopic (exact) mass is 386 g/mol. The van der Waals surface area contributed by atoms with Gasteiger partial charge in [-0.15, -0.1) is 0 Å². The van der Waals surface area contributed by atoms with Crippen molar-refractivity contribution in [3.63, 3.8) is 0 Å². The number of aromatic nitrogens is 1. The van der Waals surface area contributed by atoms with Crippen molar-refractivity contribution in [1.29, 1.82) is 0 Å². The number of alkyl halides is 3. The molecule has 1 aromatic carbocycles. The van der Waals surface area contributed by atoms with Crippen molar-refractivity contribution in [2.24, 2.45) is 0 Å². The van der Waals surface area contributed by atoms with Gasteiger partial charge in [-0.2, -0.15) is 13.2 Å². The molecular weight excluding hydrogens is 368 g/mol. The molecule has 1 amide bonds. The molecule has 0 aliphatic heterocycles. The largest absolute Gasteiger partial charge is 0.468 e. The number of aliphatic hydroxyl groups excluding tert-OH is 1. The zero-order chi connectivity index (χ0) is 20.0. The molecule has 9 heteroatoms. The van der Waals surface area contributed by atoms with E-state index in [0.717, 1.165) is 0 Å². The number of pyridine rings is 1. The zero-order valence-electron chi connectivity index (χ0n) is 14.3. The summed E-state index contributed by atoms with van der Waals surface area (Å²) in [5.74, 6) is -1.36. The molecule has 1 aromatic heterocycles. The van der Waals surface area contributed by atoms with Gasteiger partial charge < -0.3 is 15.2 Å². The molecule has 0 aliphatic carbocycles. The highest BCUT2D eigenvalue weighted by molar-refractivity contribution is 5.92. The summed E-state index contributed by atoms with van der Waals surface area (Å²) in [5.41, 5.74) is 0.385. The molecule has 0 saturated carbocycles. The zero-order valence-corrected chi connectivity index (χ0v) is 14.3. The number of halogens is 4. The molecular formula is C18H18F4N2O3. The van der Waals surface area contributed by atoms with Gasteiger partial charge in [0.2, 0.25) is 5.88 Å². The second kappa shape index (κ2) is 8.81. The number of benzene rings is 1. The van der Waals surface area contributed by atoms with E-state index in [1.165, 1.54) is 42.5 Å². The van der Waals surface area contributed by atoms with Crippen LogP contribution in [0.1, 0.15) is 35.5 Å². The van der Waals surface area contributed by atoms with Gasteiger partial charge in [0.1, 0.15) is 11.5 Å². The summed E-state index contributed by atoms with van der Waals surface area (Å²) in [5, 5.41) is 12.7. The Morgan fingerprint density at radius 1 is 1.22 bits per heavy atom. The van der Waals surface area contributed by atoms with Crippen molar-refractivity contribution in [2.75, 3.05) is 6.61 Å². The molecule has 0 saturated heterocycles. The van der Waals surface area contributed by atoms with Crippen molar-refractivity contribution in [1.82, 2.24) is 10.3 Å². The Kier molecular flexibility index (Phi) is 6.73. The minimum absolute atomic E-state index is 0.113. The number of amides is 1. The lowest BCUT2D eigenvalue weighted by molar-refractivity contribution is -0.154. The molecule has 0 radical (unpaired) electrons. The maximum atomic E-state index is 12.9. The molecule has 2 rings (SSSR count). The van der Waals surface area contributed by atoms with Crippen molar-refractivity contribution >= 4 is 5.91 Å². The number of rotatable bonds is 7. The molecule has 1 heterocycles. The van der Waals surface area contributed by atoms with E-state index in [-0.39, 0.29) is 18.0 Å². The standard InChI is InChI=1S/C18H18F4N2O3/c1-11(9-15(25)12-5-7-13(19)8-6-12)23-17(26)14-3-2-4-16(24-14)27-10-18(20,21)22/h2-8,11,15,25H,9-10H2,1H3,(H,23,26)/t11-,15+/m0/s1. The summed E-state index contributed by atoms with van der Waals surface area (Å²) in [6.45, 7) is 0.139. The van der Waals surface area contributed by atoms with Crippen LogP contribution in [-0.2, 0) is 0 Å². The molecule has 2 N–H and O–H groups in total. The first-order valence-corrected chi connectivity index (χ1v) is 8.05. The molecule has 0 bridgehead atoms. The third-order valence-electron chi connectivity index (χ3n) is 3.55. The average Bonchev–Trinajstić information content (AvgIpc) is 2.60. The lowest BCUT2D eigenvalue weighted by atomic mass is 10.0. The number of hydrogen-bond donors (Lipinski definition) is 2. The van der Waals surface area contributed by atoms with Crippen LogP contribution >= 0.6 is 0 Å². The fourth-order valence-electron chi connectivity index (χ4n) is 2.29. The second-order valence-electron chi connectivity index (χ2n) is 5.94. The normalized spacial score (nSPS) is 13.7. The fourth-order valence-corrected chi connectivity index (χ4v) is 2.29. The highest BCUT2D eigenvalue weighted by Crippen LogP contribution is 2.19. The SMILES string of the molecule is C[C@@H](C[C@@H](O)c1ccc(F)cc1)NC(=O)c1cccc(OCC(F)(F)F)n1. The van der Waals surface area contributed by atoms with E-state index in [4.69, 9.17) is 0 Å². The van der Waals surface area contributed by atoms with E-state index in [0.29, 0.717) is 5.56 Å². The van der Waals surface area contributed by atoms with Gasteiger partial charge in [-0.1, -0.05) is 18.2 Å². The lowest BCUT2D eigenvalue weighted by Gasteiger charge is -2.18. The van der Waals surface area contributed by atoms with Crippen LogP contribution < -0.4 is 10.1 Å². The van der Waals surface area contributed by atoms with Gasteiger partial charge in [0.25, 0.3) is 5.91 Å². The van der Waals surface area contributed by atoms with Crippen LogP contribution in [0.3, 0.4) is 0 Å². The quantitative estimate of drug-likeness (QED) is 0.716. The Balaban J connectivity index is 1.92. The first-order valence-electron chi connectivity index (χ1n) is 8.05. The molecule has 0 fully saturated rings. The Hall–Kier alpha value is -2.68. The van der Waals surface area contributed by atoms with Gasteiger partial charge in [0.05, 0.1) is 6.10 Å². The third-order valence-corrected chi connectivity index (χ3v) is 3.55. The predicted octanol–water partition coefficient (Wildman–Crippen LogP) is 3.40. The topological polar surface area (TPSA) is 71.5 Å². The van der Waals surface area contributed by atoms with Gasteiger partial charge in [0.15, 0.2) is 6.61 Å². The lowest BCUT2D eigenvalue weighted by Crippen LogP contribution is -2.34. The summed E-state index contributed by atoms with van der Waals surface area (Å²) >= 11 is 0. The van der Waals surface area contributed by atoms with Crippen molar-refractivity contribution in [3.8, 4) is 5.88 Å². The molecule has 0 unspecified atom stereocenters. The minimum atomic E-state index is -4.51. The van der Waals surface area contributed by atoms with Gasteiger partial charge in [-0.3, -0.25) is 4.79 Å². The molecule has 27 heavy (non-hydrogen) atoms. The van der Waals surface area contributed by atoms with Crippen molar-refractivity contribution in [3.05, 3.63) is 59.5 Å². The number of carbonyl (C=O) groups is 1. The molecule has 0 spiro atoms. The van der Waals surface area contributed by atoms with Gasteiger partial charge in [-0.25, -0.2) is 9.37 Å². The summed E-state index contributed by atoms with van der Waals surface area (Å²) in [6, 6.07) is 8.75. The van der Waals surface area contributed by atoms with E-state index in [9.17, 15) is 27.5 Å². The number of nitrogens with one attached hydrogen (secondary N) is 1. The predicted molar refractivity (Wildman–Crippen MR) is 88.7 cm³/mol. The number of carbonyl (C=O) groups excluding carboxylic acids is 1. The first kappa shape index (κ1) is 20.6. The Bertz CT molecular complexity index is 766. The smallest absolute Gasteiger partial charge is 0.422 e. The Morgan fingerprint density at radius 2 is 1.89 bits per heavy atom. The van der Waals surface area contributed by atoms with Gasteiger partial charge in [0, 0.05) is 12.1 Å². The molecule has 5 nitrogen and oxygen atoms in total. The van der Waals surface area contributed by atoms with E-state index in [1.54, 1.807) is 6.92 Å². The Morgan fingerprint density at radius 3 is 2.52 bits per heavy atom. The first-order chi connectivity index (χ1) is 12.6. The number of ether oxygens (including phenoxy) is 1. The fraction of sp³-hybridized carbons (Fsp3) is 0.333. The highest BCUT2D eigenvalue weighted by Gasteiger charge is 2.28. The van der Waals surface area contributed by atoms with Crippen molar-refractivity contribution in [2.45, 2.75) is 31.7 Å². The summed E-state index contributed by atoms with van der Waals surface area (Å²) in [7, 11) is 0. The van der Waals surface area contributed by atoms with Crippen LogP contribution in [0.4, 0.5) is 17.6 Å². The van der Waals surface area contributed by atoms with Crippen LogP contribution in [-0.4, -0.2) is 34.8 Å². The van der Waals surface area contributed by atoms with Crippen LogP contribution in [0, 0.1) is 5.82 Å². The maximum absolute atomic E-state index is 12.9. The average molecular weight is 386 g/mol. The van der Waals surface area contributed by atoms with E-state index in [1.807, 2.05) is 0 Å². The van der Waals surface area contributed by atoms with Crippen molar-refractivity contribution < 1.29 is 32.2 Å². The second-order valence-corrected chi connectivity index (χ2v) is 5.94. The van der Waals surface area contributed by atoms with Crippen LogP contribution in [0.2, 0.25) is 0 Å². The van der Waals surface area contributed by atoms with Crippen LogP contribution in [0.15, 0.2) is 42.5 Å². The molecule has 2 atom stereocenters. The van der Waals surface area contributed by atoms with E-state index < -0.39 is 36.7 Å².